The molecule has 0 bridgehead atoms. The summed E-state index contributed by atoms with van der Waals surface area (Å²) in [4.78, 5) is 14.3. The summed E-state index contributed by atoms with van der Waals surface area (Å²) in [6, 6.07) is 15.3. The molecule has 0 radical (unpaired) electrons. The van der Waals surface area contributed by atoms with E-state index in [0.717, 1.165) is 36.3 Å². The molecule has 1 fully saturated rings. The third-order valence-corrected chi connectivity index (χ3v) is 6.50. The number of fused-ring (bicyclic) bond motifs is 2. The number of benzene rings is 2. The number of aromatic amines is 1. The van der Waals surface area contributed by atoms with Gasteiger partial charge < -0.3 is 15.2 Å². The predicted molar refractivity (Wildman–Crippen MR) is 132 cm³/mol. The Kier molecular flexibility index (Phi) is 5.17. The highest BCUT2D eigenvalue weighted by Gasteiger charge is 2.30. The average Bonchev–Trinajstić information content (AvgIpc) is 3.45. The molecule has 1 aliphatic carbocycles. The molecule has 164 valence electrons. The van der Waals surface area contributed by atoms with E-state index in [1.807, 2.05) is 23.9 Å². The van der Waals surface area contributed by atoms with Gasteiger partial charge in [-0.25, -0.2) is 4.98 Å². The Morgan fingerprint density at radius 3 is 2.78 bits per heavy atom. The smallest absolute Gasteiger partial charge is 0.154 e. The van der Waals surface area contributed by atoms with Crippen molar-refractivity contribution in [3.63, 3.8) is 0 Å². The monoisotopic (exact) mass is 427 g/mol. The summed E-state index contributed by atoms with van der Waals surface area (Å²) in [5, 5.41) is 14.8. The van der Waals surface area contributed by atoms with E-state index in [0.29, 0.717) is 17.4 Å². The molecular weight excluding hydrogens is 398 g/mol. The van der Waals surface area contributed by atoms with E-state index in [2.05, 4.69) is 75.7 Å². The van der Waals surface area contributed by atoms with Crippen LogP contribution in [0.2, 0.25) is 0 Å². The van der Waals surface area contributed by atoms with Gasteiger partial charge in [-0.1, -0.05) is 24.3 Å². The molecule has 2 aromatic carbocycles. The molecule has 1 aliphatic rings. The number of H-pyrrole nitrogens is 1. The van der Waals surface area contributed by atoms with Crippen molar-refractivity contribution in [1.29, 1.82) is 5.41 Å². The SMILES string of the molecule is CN=C([C@@H]1CC[C@H](Nc2cccc3c(N(C)C)cccc23)C1)n1c(=N)cnc2[nH]ccc21. The van der Waals surface area contributed by atoms with Gasteiger partial charge in [0, 0.05) is 61.4 Å². The van der Waals surface area contributed by atoms with Crippen molar-refractivity contribution in [3.8, 4) is 0 Å². The van der Waals surface area contributed by atoms with E-state index in [9.17, 15) is 0 Å². The second kappa shape index (κ2) is 8.15. The number of aromatic nitrogens is 3. The first-order valence-corrected chi connectivity index (χ1v) is 11.1. The van der Waals surface area contributed by atoms with Gasteiger partial charge in [0.15, 0.2) is 5.65 Å². The van der Waals surface area contributed by atoms with Crippen molar-refractivity contribution in [2.24, 2.45) is 10.9 Å². The minimum atomic E-state index is 0.291. The number of nitrogens with one attached hydrogen (secondary N) is 3. The topological polar surface area (TPSA) is 85.1 Å². The van der Waals surface area contributed by atoms with Crippen LogP contribution in [0.15, 0.2) is 59.9 Å². The van der Waals surface area contributed by atoms with E-state index in [1.54, 1.807) is 6.20 Å². The maximum atomic E-state index is 8.45. The van der Waals surface area contributed by atoms with Crippen LogP contribution in [0, 0.1) is 11.3 Å². The van der Waals surface area contributed by atoms with E-state index >= 15 is 0 Å². The lowest BCUT2D eigenvalue weighted by molar-refractivity contribution is 0.681. The first-order chi connectivity index (χ1) is 15.6. The van der Waals surface area contributed by atoms with E-state index < -0.39 is 0 Å². The maximum Gasteiger partial charge on any atom is 0.154 e. The van der Waals surface area contributed by atoms with Gasteiger partial charge in [0.2, 0.25) is 0 Å². The maximum absolute atomic E-state index is 8.45. The third-order valence-electron chi connectivity index (χ3n) is 6.50. The van der Waals surface area contributed by atoms with Crippen LogP contribution in [0.3, 0.4) is 0 Å². The fraction of sp³-hybridized carbons (Fsp3) is 0.320. The fourth-order valence-electron chi connectivity index (χ4n) is 5.04. The molecule has 5 rings (SSSR count). The molecule has 7 nitrogen and oxygen atoms in total. The molecule has 2 atom stereocenters. The highest BCUT2D eigenvalue weighted by molar-refractivity contribution is 6.01. The number of hydrogen-bond acceptors (Lipinski definition) is 5. The summed E-state index contributed by atoms with van der Waals surface area (Å²) >= 11 is 0. The van der Waals surface area contributed by atoms with Gasteiger partial charge in [0.05, 0.1) is 11.7 Å². The number of aliphatic imine (C=N–C) groups is 1. The van der Waals surface area contributed by atoms with Crippen LogP contribution in [0.4, 0.5) is 11.4 Å². The largest absolute Gasteiger partial charge is 0.382 e. The fourth-order valence-corrected chi connectivity index (χ4v) is 5.04. The Balaban J connectivity index is 1.42. The second-order valence-electron chi connectivity index (χ2n) is 8.70. The standard InChI is InChI=1S/C25H29N7/c1-27-25(32-22-12-13-28-24(22)29-15-23(32)26)16-10-11-17(14-16)30-20-8-4-7-19-18(20)6-5-9-21(19)31(2)3/h4-9,12-13,15-17,26,28,30H,10-11,14H2,1-3H3/t16-,17+/m1/s1. The van der Waals surface area contributed by atoms with Crippen molar-refractivity contribution < 1.29 is 0 Å². The Morgan fingerprint density at radius 2 is 1.97 bits per heavy atom. The Labute approximate surface area is 187 Å². The molecule has 0 saturated heterocycles. The first kappa shape index (κ1) is 20.3. The average molecular weight is 428 g/mol. The summed E-state index contributed by atoms with van der Waals surface area (Å²) in [6.45, 7) is 0. The molecule has 0 unspecified atom stereocenters. The number of nitrogens with zero attached hydrogens (tertiary/aromatic N) is 4. The highest BCUT2D eigenvalue weighted by Crippen LogP contribution is 2.34. The van der Waals surface area contributed by atoms with Crippen molar-refractivity contribution in [2.75, 3.05) is 31.4 Å². The Morgan fingerprint density at radius 1 is 1.16 bits per heavy atom. The van der Waals surface area contributed by atoms with E-state index in [-0.39, 0.29) is 0 Å². The Hall–Kier alpha value is -3.61. The van der Waals surface area contributed by atoms with Crippen molar-refractivity contribution in [3.05, 3.63) is 60.3 Å². The zero-order valence-electron chi connectivity index (χ0n) is 18.8. The summed E-state index contributed by atoms with van der Waals surface area (Å²) < 4.78 is 1.94. The molecule has 7 heteroatoms. The molecule has 0 spiro atoms. The highest BCUT2D eigenvalue weighted by atomic mass is 15.1. The lowest BCUT2D eigenvalue weighted by Gasteiger charge is -2.20. The van der Waals surface area contributed by atoms with Crippen molar-refractivity contribution in [2.45, 2.75) is 25.3 Å². The van der Waals surface area contributed by atoms with Crippen molar-refractivity contribution in [1.82, 2.24) is 14.5 Å². The van der Waals surface area contributed by atoms with Gasteiger partial charge in [-0.3, -0.25) is 15.0 Å². The molecule has 1 saturated carbocycles. The molecule has 3 N–H and O–H groups in total. The van der Waals surface area contributed by atoms with Gasteiger partial charge in [-0.15, -0.1) is 0 Å². The summed E-state index contributed by atoms with van der Waals surface area (Å²) in [6.07, 6.45) is 6.55. The number of hydrogen-bond donors (Lipinski definition) is 3. The van der Waals surface area contributed by atoms with Gasteiger partial charge in [0.1, 0.15) is 11.3 Å². The molecule has 2 aromatic heterocycles. The zero-order valence-corrected chi connectivity index (χ0v) is 18.8. The van der Waals surface area contributed by atoms with Gasteiger partial charge in [-0.2, -0.15) is 0 Å². The molecule has 32 heavy (non-hydrogen) atoms. The van der Waals surface area contributed by atoms with Gasteiger partial charge in [0.25, 0.3) is 0 Å². The summed E-state index contributed by atoms with van der Waals surface area (Å²) in [7, 11) is 6.00. The molecule has 2 heterocycles. The van der Waals surface area contributed by atoms with Crippen LogP contribution in [0.25, 0.3) is 21.9 Å². The van der Waals surface area contributed by atoms with Crippen LogP contribution in [0.5, 0.6) is 0 Å². The minimum absolute atomic E-state index is 0.291. The van der Waals surface area contributed by atoms with Gasteiger partial charge in [-0.05, 0) is 37.5 Å². The van der Waals surface area contributed by atoms with Crippen LogP contribution >= 0.6 is 0 Å². The van der Waals surface area contributed by atoms with Crippen LogP contribution < -0.4 is 15.7 Å². The third kappa shape index (κ3) is 3.43. The minimum Gasteiger partial charge on any atom is -0.382 e. The van der Waals surface area contributed by atoms with Crippen LogP contribution in [-0.4, -0.2) is 47.6 Å². The number of anilines is 2. The van der Waals surface area contributed by atoms with Gasteiger partial charge >= 0.3 is 0 Å². The second-order valence-corrected chi connectivity index (χ2v) is 8.70. The molecule has 4 aromatic rings. The first-order valence-electron chi connectivity index (χ1n) is 11.1. The molecule has 0 aliphatic heterocycles. The molecule has 0 amide bonds. The zero-order chi connectivity index (χ0) is 22.2. The lowest BCUT2D eigenvalue weighted by Crippen LogP contribution is -2.32. The summed E-state index contributed by atoms with van der Waals surface area (Å²) in [5.74, 6) is 1.23. The lowest BCUT2D eigenvalue weighted by atomic mass is 10.0. The summed E-state index contributed by atoms with van der Waals surface area (Å²) in [5.41, 5.74) is 4.45. The van der Waals surface area contributed by atoms with Crippen LogP contribution in [-0.2, 0) is 0 Å². The Bertz CT molecular complexity index is 1360. The quantitative estimate of drug-likeness (QED) is 0.337. The van der Waals surface area contributed by atoms with Crippen molar-refractivity contribution >= 4 is 39.1 Å². The van der Waals surface area contributed by atoms with E-state index in [1.165, 1.54) is 22.1 Å². The van der Waals surface area contributed by atoms with Crippen LogP contribution in [0.1, 0.15) is 19.3 Å². The number of rotatable bonds is 4. The normalized spacial score (nSPS) is 19.0. The predicted octanol–water partition coefficient (Wildman–Crippen LogP) is 4.22. The molecular formula is C25H29N7. The van der Waals surface area contributed by atoms with E-state index in [4.69, 9.17) is 5.41 Å².